The smallest absolute Gasteiger partial charge is 0.241 e. The van der Waals surface area contributed by atoms with E-state index in [-0.39, 0.29) is 5.91 Å². The molecule has 0 bridgehead atoms. The zero-order chi connectivity index (χ0) is 14.5. The SMILES string of the molecule is CC(C)N1CCC(CNC(=O)C(N)c2ccccc2)C1. The van der Waals surface area contributed by atoms with Gasteiger partial charge in [-0.05, 0) is 38.3 Å². The van der Waals surface area contributed by atoms with Crippen LogP contribution in [-0.2, 0) is 4.79 Å². The lowest BCUT2D eigenvalue weighted by Gasteiger charge is -2.20. The molecule has 0 radical (unpaired) electrons. The summed E-state index contributed by atoms with van der Waals surface area (Å²) in [5, 5.41) is 2.99. The van der Waals surface area contributed by atoms with Crippen molar-refractivity contribution >= 4 is 5.91 Å². The molecule has 2 unspecified atom stereocenters. The maximum atomic E-state index is 12.1. The van der Waals surface area contributed by atoms with Crippen LogP contribution in [0, 0.1) is 5.92 Å². The lowest BCUT2D eigenvalue weighted by atomic mass is 10.1. The first-order valence-corrected chi connectivity index (χ1v) is 7.40. The minimum Gasteiger partial charge on any atom is -0.354 e. The van der Waals surface area contributed by atoms with Gasteiger partial charge in [-0.15, -0.1) is 0 Å². The third-order valence-corrected chi connectivity index (χ3v) is 4.05. The number of benzene rings is 1. The number of carbonyl (C=O) groups is 1. The molecule has 0 aromatic heterocycles. The van der Waals surface area contributed by atoms with Crippen molar-refractivity contribution in [3.8, 4) is 0 Å². The highest BCUT2D eigenvalue weighted by molar-refractivity contribution is 5.82. The number of likely N-dealkylation sites (tertiary alicyclic amines) is 1. The van der Waals surface area contributed by atoms with Crippen LogP contribution in [0.25, 0.3) is 0 Å². The van der Waals surface area contributed by atoms with E-state index in [4.69, 9.17) is 5.73 Å². The lowest BCUT2D eigenvalue weighted by Crippen LogP contribution is -2.38. The van der Waals surface area contributed by atoms with Gasteiger partial charge in [-0.3, -0.25) is 4.79 Å². The Bertz CT molecular complexity index is 433. The molecule has 1 aliphatic rings. The number of nitrogens with two attached hydrogens (primary N) is 1. The summed E-state index contributed by atoms with van der Waals surface area (Å²) in [6, 6.07) is 9.52. The van der Waals surface area contributed by atoms with E-state index in [9.17, 15) is 4.79 Å². The first kappa shape index (κ1) is 15.0. The van der Waals surface area contributed by atoms with Crippen molar-refractivity contribution in [1.82, 2.24) is 10.2 Å². The monoisotopic (exact) mass is 275 g/mol. The highest BCUT2D eigenvalue weighted by Gasteiger charge is 2.25. The largest absolute Gasteiger partial charge is 0.354 e. The van der Waals surface area contributed by atoms with Gasteiger partial charge >= 0.3 is 0 Å². The molecular formula is C16H25N3O. The van der Waals surface area contributed by atoms with Crippen molar-refractivity contribution < 1.29 is 4.79 Å². The van der Waals surface area contributed by atoms with Crippen LogP contribution in [0.1, 0.15) is 31.9 Å². The summed E-state index contributed by atoms with van der Waals surface area (Å²) < 4.78 is 0. The van der Waals surface area contributed by atoms with Gasteiger partial charge in [0.25, 0.3) is 0 Å². The predicted octanol–water partition coefficient (Wildman–Crippen LogP) is 1.53. The Morgan fingerprint density at radius 3 is 2.70 bits per heavy atom. The molecule has 0 aliphatic carbocycles. The molecule has 1 aromatic carbocycles. The molecule has 1 heterocycles. The maximum Gasteiger partial charge on any atom is 0.241 e. The van der Waals surface area contributed by atoms with Crippen LogP contribution >= 0.6 is 0 Å². The zero-order valence-electron chi connectivity index (χ0n) is 12.4. The van der Waals surface area contributed by atoms with Gasteiger partial charge in [-0.1, -0.05) is 30.3 Å². The number of amides is 1. The second-order valence-electron chi connectivity index (χ2n) is 5.88. The number of hydrogen-bond donors (Lipinski definition) is 2. The van der Waals surface area contributed by atoms with Crippen LogP contribution in [0.4, 0.5) is 0 Å². The summed E-state index contributed by atoms with van der Waals surface area (Å²) in [4.78, 5) is 14.5. The number of carbonyl (C=O) groups excluding carboxylic acids is 1. The highest BCUT2D eigenvalue weighted by Crippen LogP contribution is 2.18. The summed E-state index contributed by atoms with van der Waals surface area (Å²) in [5.41, 5.74) is 6.84. The molecule has 2 atom stereocenters. The molecular weight excluding hydrogens is 250 g/mol. The van der Waals surface area contributed by atoms with E-state index in [0.717, 1.165) is 31.6 Å². The Morgan fingerprint density at radius 2 is 2.10 bits per heavy atom. The van der Waals surface area contributed by atoms with E-state index in [1.165, 1.54) is 0 Å². The predicted molar refractivity (Wildman–Crippen MR) is 81.2 cm³/mol. The average Bonchev–Trinajstić information content (AvgIpc) is 2.94. The second-order valence-corrected chi connectivity index (χ2v) is 5.88. The van der Waals surface area contributed by atoms with Gasteiger partial charge in [0.2, 0.25) is 5.91 Å². The molecule has 0 spiro atoms. The fourth-order valence-electron chi connectivity index (χ4n) is 2.66. The van der Waals surface area contributed by atoms with E-state index >= 15 is 0 Å². The molecule has 1 fully saturated rings. The maximum absolute atomic E-state index is 12.1. The number of rotatable bonds is 5. The average molecular weight is 275 g/mol. The van der Waals surface area contributed by atoms with Crippen molar-refractivity contribution in [1.29, 1.82) is 0 Å². The van der Waals surface area contributed by atoms with Crippen molar-refractivity contribution in [3.63, 3.8) is 0 Å². The number of hydrogen-bond acceptors (Lipinski definition) is 3. The van der Waals surface area contributed by atoms with Crippen molar-refractivity contribution in [2.45, 2.75) is 32.4 Å². The Balaban J connectivity index is 1.78. The van der Waals surface area contributed by atoms with E-state index in [0.29, 0.717) is 12.0 Å². The van der Waals surface area contributed by atoms with Gasteiger partial charge in [-0.2, -0.15) is 0 Å². The minimum atomic E-state index is -0.571. The summed E-state index contributed by atoms with van der Waals surface area (Å²) >= 11 is 0. The standard InChI is InChI=1S/C16H25N3O/c1-12(2)19-9-8-13(11-19)10-18-16(20)15(17)14-6-4-3-5-7-14/h3-7,12-13,15H,8-11,17H2,1-2H3,(H,18,20). The number of nitrogens with zero attached hydrogens (tertiary/aromatic N) is 1. The van der Waals surface area contributed by atoms with E-state index in [1.54, 1.807) is 0 Å². The molecule has 3 N–H and O–H groups in total. The van der Waals surface area contributed by atoms with E-state index in [1.807, 2.05) is 30.3 Å². The zero-order valence-corrected chi connectivity index (χ0v) is 12.4. The van der Waals surface area contributed by atoms with Gasteiger partial charge < -0.3 is 16.0 Å². The van der Waals surface area contributed by atoms with E-state index < -0.39 is 6.04 Å². The molecule has 2 rings (SSSR count). The van der Waals surface area contributed by atoms with Crippen LogP contribution in [-0.4, -0.2) is 36.5 Å². The lowest BCUT2D eigenvalue weighted by molar-refractivity contribution is -0.122. The fourth-order valence-corrected chi connectivity index (χ4v) is 2.66. The minimum absolute atomic E-state index is 0.0841. The van der Waals surface area contributed by atoms with Crippen molar-refractivity contribution in [2.24, 2.45) is 11.7 Å². The third-order valence-electron chi connectivity index (χ3n) is 4.05. The summed E-state index contributed by atoms with van der Waals surface area (Å²) in [5.74, 6) is 0.462. The van der Waals surface area contributed by atoms with Crippen LogP contribution in [0.2, 0.25) is 0 Å². The third kappa shape index (κ3) is 3.81. The molecule has 1 aliphatic heterocycles. The summed E-state index contributed by atoms with van der Waals surface area (Å²) in [7, 11) is 0. The first-order valence-electron chi connectivity index (χ1n) is 7.40. The van der Waals surface area contributed by atoms with Crippen molar-refractivity contribution in [2.75, 3.05) is 19.6 Å². The molecule has 110 valence electrons. The van der Waals surface area contributed by atoms with Gasteiger partial charge in [0.15, 0.2) is 0 Å². The van der Waals surface area contributed by atoms with Crippen molar-refractivity contribution in [3.05, 3.63) is 35.9 Å². The summed E-state index contributed by atoms with van der Waals surface area (Å²) in [6.45, 7) is 7.35. The molecule has 0 saturated carbocycles. The molecule has 1 saturated heterocycles. The van der Waals surface area contributed by atoms with Crippen LogP contribution in [0.5, 0.6) is 0 Å². The Hall–Kier alpha value is -1.39. The first-order chi connectivity index (χ1) is 9.58. The van der Waals surface area contributed by atoms with Gasteiger partial charge in [0.1, 0.15) is 6.04 Å². The number of nitrogens with one attached hydrogen (secondary N) is 1. The van der Waals surface area contributed by atoms with Gasteiger partial charge in [0, 0.05) is 19.1 Å². The van der Waals surface area contributed by atoms with E-state index in [2.05, 4.69) is 24.1 Å². The van der Waals surface area contributed by atoms with Crippen LogP contribution in [0.3, 0.4) is 0 Å². The van der Waals surface area contributed by atoms with Crippen LogP contribution in [0.15, 0.2) is 30.3 Å². The topological polar surface area (TPSA) is 58.4 Å². The Morgan fingerprint density at radius 1 is 1.40 bits per heavy atom. The molecule has 1 aromatic rings. The molecule has 20 heavy (non-hydrogen) atoms. The molecule has 4 nitrogen and oxygen atoms in total. The normalized spacial score (nSPS) is 21.1. The van der Waals surface area contributed by atoms with Crippen LogP contribution < -0.4 is 11.1 Å². The fraction of sp³-hybridized carbons (Fsp3) is 0.562. The molecule has 1 amide bonds. The van der Waals surface area contributed by atoms with Gasteiger partial charge in [-0.25, -0.2) is 0 Å². The van der Waals surface area contributed by atoms with Gasteiger partial charge in [0.05, 0.1) is 0 Å². The Labute approximate surface area is 121 Å². The quantitative estimate of drug-likeness (QED) is 0.857. The molecule has 4 heteroatoms. The highest BCUT2D eigenvalue weighted by atomic mass is 16.2. The Kier molecular flexibility index (Phi) is 5.15. The summed E-state index contributed by atoms with van der Waals surface area (Å²) in [6.07, 6.45) is 1.15. The second kappa shape index (κ2) is 6.86.